The molecule has 0 saturated heterocycles. The number of hydrogen-bond donors (Lipinski definition) is 2. The van der Waals surface area contributed by atoms with Crippen molar-refractivity contribution in [3.05, 3.63) is 50.9 Å². The molecule has 0 saturated carbocycles. The number of carbonyl (C=O) groups is 3. The fourth-order valence-electron chi connectivity index (χ4n) is 3.26. The molecule has 1 atom stereocenters. The number of carbonyl (C=O) groups excluding carboxylic acids is 3. The first-order valence-electron chi connectivity index (χ1n) is 10.6. The molecule has 0 fully saturated rings. The quantitative estimate of drug-likeness (QED) is 0.484. The molecule has 0 unspecified atom stereocenters. The lowest BCUT2D eigenvalue weighted by molar-refractivity contribution is -0.115. The van der Waals surface area contributed by atoms with E-state index in [0.717, 1.165) is 16.9 Å². The van der Waals surface area contributed by atoms with Crippen LogP contribution in [0.5, 0.6) is 0 Å². The Morgan fingerprint density at radius 3 is 2.41 bits per heavy atom. The number of esters is 1. The summed E-state index contributed by atoms with van der Waals surface area (Å²) in [6.45, 7) is 10.4. The first kappa shape index (κ1) is 25.8. The first-order valence-corrected chi connectivity index (χ1v) is 11.8. The maximum atomic E-state index is 12.9. The molecule has 9 heteroatoms. The highest BCUT2D eigenvalue weighted by atomic mass is 35.5. The number of nitrogens with one attached hydrogen (secondary N) is 2. The molecule has 7 nitrogen and oxygen atoms in total. The van der Waals surface area contributed by atoms with Crippen LogP contribution in [0.3, 0.4) is 0 Å². The molecule has 0 bridgehead atoms. The fourth-order valence-corrected chi connectivity index (χ4v) is 4.74. The number of rotatable bonds is 10. The van der Waals surface area contributed by atoms with Gasteiger partial charge in [0.25, 0.3) is 5.91 Å². The van der Waals surface area contributed by atoms with Crippen LogP contribution in [0, 0.1) is 6.92 Å². The molecule has 2 N–H and O–H groups in total. The van der Waals surface area contributed by atoms with Crippen molar-refractivity contribution in [1.29, 1.82) is 0 Å². The summed E-state index contributed by atoms with van der Waals surface area (Å²) < 4.78 is 5.17. The van der Waals surface area contributed by atoms with Gasteiger partial charge in [0.1, 0.15) is 5.00 Å². The highest BCUT2D eigenvalue weighted by Crippen LogP contribution is 2.34. The highest BCUT2D eigenvalue weighted by Gasteiger charge is 2.28. The van der Waals surface area contributed by atoms with Crippen LogP contribution >= 0.6 is 22.9 Å². The highest BCUT2D eigenvalue weighted by molar-refractivity contribution is 7.18. The zero-order valence-electron chi connectivity index (χ0n) is 19.1. The van der Waals surface area contributed by atoms with E-state index < -0.39 is 5.97 Å². The van der Waals surface area contributed by atoms with Crippen LogP contribution in [-0.2, 0) is 9.53 Å². The summed E-state index contributed by atoms with van der Waals surface area (Å²) in [7, 11) is 0. The van der Waals surface area contributed by atoms with E-state index in [2.05, 4.69) is 10.6 Å². The molecule has 2 aromatic rings. The van der Waals surface area contributed by atoms with Crippen molar-refractivity contribution < 1.29 is 19.1 Å². The number of nitrogens with zero attached hydrogens (tertiary/aromatic N) is 1. The van der Waals surface area contributed by atoms with E-state index in [1.165, 1.54) is 0 Å². The maximum absolute atomic E-state index is 12.9. The van der Waals surface area contributed by atoms with Crippen molar-refractivity contribution in [2.24, 2.45) is 0 Å². The first-order chi connectivity index (χ1) is 15.2. The van der Waals surface area contributed by atoms with Crippen molar-refractivity contribution >= 4 is 45.7 Å². The number of halogens is 1. The van der Waals surface area contributed by atoms with Crippen LogP contribution in [-0.4, -0.2) is 48.9 Å². The Bertz CT molecular complexity index is 972. The molecule has 0 aliphatic rings. The largest absolute Gasteiger partial charge is 0.462 e. The number of hydrogen-bond acceptors (Lipinski definition) is 6. The summed E-state index contributed by atoms with van der Waals surface area (Å²) >= 11 is 7.32. The molecule has 0 aliphatic carbocycles. The maximum Gasteiger partial charge on any atom is 0.341 e. The molecule has 2 rings (SSSR count). The third-order valence-electron chi connectivity index (χ3n) is 5.06. The monoisotopic (exact) mass is 479 g/mol. The van der Waals surface area contributed by atoms with Gasteiger partial charge in [0.05, 0.1) is 23.6 Å². The van der Waals surface area contributed by atoms with E-state index in [-0.39, 0.29) is 36.6 Å². The van der Waals surface area contributed by atoms with Gasteiger partial charge < -0.3 is 20.3 Å². The van der Waals surface area contributed by atoms with Gasteiger partial charge in [-0.05, 0) is 51.8 Å². The zero-order chi connectivity index (χ0) is 23.8. The van der Waals surface area contributed by atoms with Gasteiger partial charge in [0.2, 0.25) is 5.91 Å². The minimum Gasteiger partial charge on any atom is -0.462 e. The normalized spacial score (nSPS) is 11.7. The van der Waals surface area contributed by atoms with Gasteiger partial charge in [-0.25, -0.2) is 4.79 Å². The summed E-state index contributed by atoms with van der Waals surface area (Å²) in [5, 5.41) is 6.84. The third-order valence-corrected chi connectivity index (χ3v) is 6.60. The smallest absolute Gasteiger partial charge is 0.341 e. The lowest BCUT2D eigenvalue weighted by atomic mass is 10.1. The third kappa shape index (κ3) is 6.09. The Labute approximate surface area is 198 Å². The van der Waals surface area contributed by atoms with Gasteiger partial charge in [-0.2, -0.15) is 0 Å². The predicted octanol–water partition coefficient (Wildman–Crippen LogP) is 4.66. The Hall–Kier alpha value is -2.42. The van der Waals surface area contributed by atoms with Gasteiger partial charge in [-0.1, -0.05) is 29.8 Å². The van der Waals surface area contributed by atoms with E-state index in [9.17, 15) is 14.4 Å². The number of ether oxygens (including phenoxy) is 1. The SMILES string of the molecule is CCOC(=O)c1c(NC(=O)CN[C@H](C)c2ccccc2Cl)sc(C(=O)N(CC)CC)c1C. The average Bonchev–Trinajstić information content (AvgIpc) is 3.09. The van der Waals surface area contributed by atoms with Crippen molar-refractivity contribution in [1.82, 2.24) is 10.2 Å². The van der Waals surface area contributed by atoms with Crippen LogP contribution in [0.1, 0.15) is 64.9 Å². The molecule has 0 spiro atoms. The standard InChI is InChI=1S/C23H30ClN3O4S/c1-6-27(7-2)22(29)20-14(4)19(23(30)31-8-3)21(32-20)26-18(28)13-25-15(5)16-11-9-10-12-17(16)24/h9-12,15,25H,6-8,13H2,1-5H3,(H,26,28)/t15-/m1/s1. The summed E-state index contributed by atoms with van der Waals surface area (Å²) in [5.41, 5.74) is 1.62. The van der Waals surface area contributed by atoms with Crippen molar-refractivity contribution in [2.75, 3.05) is 31.6 Å². The molecule has 0 radical (unpaired) electrons. The van der Waals surface area contributed by atoms with Crippen LogP contribution in [0.4, 0.5) is 5.00 Å². The number of anilines is 1. The molecule has 1 heterocycles. The lowest BCUT2D eigenvalue weighted by Gasteiger charge is -2.18. The Balaban J connectivity index is 2.22. The van der Waals surface area contributed by atoms with Crippen LogP contribution in [0.2, 0.25) is 5.02 Å². The molecule has 32 heavy (non-hydrogen) atoms. The number of benzene rings is 1. The fraction of sp³-hybridized carbons (Fsp3) is 0.435. The van der Waals surface area contributed by atoms with Gasteiger partial charge in [0.15, 0.2) is 0 Å². The van der Waals surface area contributed by atoms with Gasteiger partial charge >= 0.3 is 5.97 Å². The summed E-state index contributed by atoms with van der Waals surface area (Å²) in [5.74, 6) is -1.07. The van der Waals surface area contributed by atoms with E-state index in [1.807, 2.05) is 39.0 Å². The van der Waals surface area contributed by atoms with E-state index in [0.29, 0.717) is 33.6 Å². The molecular formula is C23H30ClN3O4S. The summed E-state index contributed by atoms with van der Waals surface area (Å²) in [6.07, 6.45) is 0. The second-order valence-corrected chi connectivity index (χ2v) is 8.56. The summed E-state index contributed by atoms with van der Waals surface area (Å²) in [4.78, 5) is 40.2. The molecule has 1 aromatic carbocycles. The minimum atomic E-state index is -0.562. The van der Waals surface area contributed by atoms with Crippen LogP contribution in [0.25, 0.3) is 0 Å². The molecule has 174 valence electrons. The predicted molar refractivity (Wildman–Crippen MR) is 129 cm³/mol. The molecule has 0 aliphatic heterocycles. The molecular weight excluding hydrogens is 450 g/mol. The van der Waals surface area contributed by atoms with Gasteiger partial charge in [0, 0.05) is 24.2 Å². The molecule has 1 aromatic heterocycles. The minimum absolute atomic E-state index is 0.00489. The lowest BCUT2D eigenvalue weighted by Crippen LogP contribution is -2.30. The van der Waals surface area contributed by atoms with E-state index in [4.69, 9.17) is 16.3 Å². The van der Waals surface area contributed by atoms with Crippen molar-refractivity contribution in [2.45, 2.75) is 40.7 Å². The topological polar surface area (TPSA) is 87.7 Å². The zero-order valence-corrected chi connectivity index (χ0v) is 20.7. The van der Waals surface area contributed by atoms with Crippen LogP contribution < -0.4 is 10.6 Å². The second kappa shape index (κ2) is 12.0. The Morgan fingerprint density at radius 2 is 1.81 bits per heavy atom. The van der Waals surface area contributed by atoms with Gasteiger partial charge in [-0.3, -0.25) is 9.59 Å². The van der Waals surface area contributed by atoms with Gasteiger partial charge in [-0.15, -0.1) is 11.3 Å². The van der Waals surface area contributed by atoms with Crippen molar-refractivity contribution in [3.63, 3.8) is 0 Å². The van der Waals surface area contributed by atoms with E-state index in [1.54, 1.807) is 24.8 Å². The number of thiophene rings is 1. The number of amides is 2. The van der Waals surface area contributed by atoms with Crippen LogP contribution in [0.15, 0.2) is 24.3 Å². The second-order valence-electron chi connectivity index (χ2n) is 7.13. The van der Waals surface area contributed by atoms with E-state index >= 15 is 0 Å². The van der Waals surface area contributed by atoms with Crippen molar-refractivity contribution in [3.8, 4) is 0 Å². The average molecular weight is 480 g/mol. The Morgan fingerprint density at radius 1 is 1.16 bits per heavy atom. The molecule has 2 amide bonds. The summed E-state index contributed by atoms with van der Waals surface area (Å²) in [6, 6.07) is 7.27. The Kier molecular flexibility index (Phi) is 9.68.